The number of aliphatic hydroxyl groups is 3. The highest BCUT2D eigenvalue weighted by atomic mass is 16.6. The lowest BCUT2D eigenvalue weighted by Crippen LogP contribution is -2.61. The maximum Gasteiger partial charge on any atom is 0.329 e. The molecule has 3 saturated heterocycles. The molecule has 0 aromatic heterocycles. The number of esters is 1. The van der Waals surface area contributed by atoms with E-state index >= 15 is 0 Å². The Bertz CT molecular complexity index is 2000. The number of aliphatic hydroxyl groups excluding tert-OH is 2. The van der Waals surface area contributed by atoms with Gasteiger partial charge in [0.1, 0.15) is 30.1 Å². The van der Waals surface area contributed by atoms with Gasteiger partial charge >= 0.3 is 5.97 Å². The zero-order chi connectivity index (χ0) is 55.5. The molecule has 15 atom stereocenters. The second-order valence-electron chi connectivity index (χ2n) is 22.6. The Hall–Kier alpha value is -3.49. The quantitative estimate of drug-likeness (QED) is 0.0799. The zero-order valence-electron chi connectivity index (χ0n) is 47.2. The topological polar surface area (TPSA) is 217 Å². The van der Waals surface area contributed by atoms with E-state index in [1.54, 1.807) is 34.0 Å². The Balaban J connectivity index is 1.42. The second-order valence-corrected chi connectivity index (χ2v) is 22.6. The number of carbonyl (C=O) groups is 5. The number of ether oxygens (including phenoxy) is 7. The van der Waals surface area contributed by atoms with Gasteiger partial charge in [-0.25, -0.2) is 4.79 Å². The number of Topliss-reactive ketones (excluding diaryl/α,β-unsaturated/α-hetero) is 3. The van der Waals surface area contributed by atoms with Crippen molar-refractivity contribution in [3.8, 4) is 0 Å². The first-order chi connectivity index (χ1) is 36.3. The van der Waals surface area contributed by atoms with Gasteiger partial charge < -0.3 is 53.4 Å². The van der Waals surface area contributed by atoms with Gasteiger partial charge in [-0.15, -0.1) is 0 Å². The molecule has 430 valence electrons. The summed E-state index contributed by atoms with van der Waals surface area (Å²) in [6, 6.07) is -1.16. The summed E-state index contributed by atoms with van der Waals surface area (Å²) < 4.78 is 42.2. The van der Waals surface area contributed by atoms with Crippen molar-refractivity contribution in [3.05, 3.63) is 47.6 Å². The van der Waals surface area contributed by atoms with Crippen molar-refractivity contribution in [1.29, 1.82) is 0 Å². The zero-order valence-corrected chi connectivity index (χ0v) is 47.2. The van der Waals surface area contributed by atoms with Crippen LogP contribution < -0.4 is 0 Å². The third-order valence-corrected chi connectivity index (χ3v) is 16.6. The van der Waals surface area contributed by atoms with E-state index in [4.69, 9.17) is 33.2 Å². The van der Waals surface area contributed by atoms with Crippen molar-refractivity contribution in [3.63, 3.8) is 0 Å². The summed E-state index contributed by atoms with van der Waals surface area (Å²) >= 11 is 0. The number of rotatable bonds is 13. The van der Waals surface area contributed by atoms with Gasteiger partial charge in [-0.1, -0.05) is 71.1 Å². The molecule has 4 fully saturated rings. The smallest absolute Gasteiger partial charge is 0.329 e. The predicted molar refractivity (Wildman–Crippen MR) is 287 cm³/mol. The molecule has 4 aliphatic heterocycles. The highest BCUT2D eigenvalue weighted by molar-refractivity contribution is 6.39. The molecule has 2 bridgehead atoms. The molecule has 0 aromatic rings. The number of cyclic esters (lactones) is 1. The highest BCUT2D eigenvalue weighted by Gasteiger charge is 2.53. The molecule has 0 radical (unpaired) electrons. The Morgan fingerprint density at radius 2 is 1.58 bits per heavy atom. The number of piperidine rings is 1. The number of morpholine rings is 1. The van der Waals surface area contributed by atoms with E-state index in [9.17, 15) is 39.3 Å². The van der Waals surface area contributed by atoms with Crippen LogP contribution in [0, 0.1) is 35.5 Å². The Labute approximate surface area is 453 Å². The summed E-state index contributed by atoms with van der Waals surface area (Å²) in [4.78, 5) is 75.3. The Morgan fingerprint density at radius 1 is 0.829 bits per heavy atom. The Kier molecular flexibility index (Phi) is 26.1. The van der Waals surface area contributed by atoms with Crippen molar-refractivity contribution in [2.24, 2.45) is 35.5 Å². The molecule has 0 spiro atoms. The number of allylic oxidation sites excluding steroid dienone is 6. The van der Waals surface area contributed by atoms with Crippen molar-refractivity contribution in [1.82, 2.24) is 9.80 Å². The van der Waals surface area contributed by atoms with E-state index in [0.717, 1.165) is 57.7 Å². The van der Waals surface area contributed by atoms with Gasteiger partial charge in [0.05, 0.1) is 50.8 Å². The number of ketones is 3. The van der Waals surface area contributed by atoms with Crippen molar-refractivity contribution in [2.75, 3.05) is 73.4 Å². The minimum atomic E-state index is -2.48. The fourth-order valence-corrected chi connectivity index (χ4v) is 11.8. The van der Waals surface area contributed by atoms with E-state index in [2.05, 4.69) is 4.90 Å². The molecule has 76 heavy (non-hydrogen) atoms. The lowest BCUT2D eigenvalue weighted by Gasteiger charge is -2.43. The molecule has 5 rings (SSSR count). The fourth-order valence-electron chi connectivity index (χ4n) is 11.8. The highest BCUT2D eigenvalue weighted by Crippen LogP contribution is 2.38. The number of fused-ring (bicyclic) bond motifs is 3. The van der Waals surface area contributed by atoms with E-state index in [1.807, 2.05) is 58.1 Å². The molecule has 4 heterocycles. The number of hydrogen-bond donors (Lipinski definition) is 3. The monoisotopic (exact) mass is 1070 g/mol. The summed E-state index contributed by atoms with van der Waals surface area (Å²) in [6.45, 7) is 17.5. The minimum absolute atomic E-state index is 0.00927. The van der Waals surface area contributed by atoms with Crippen LogP contribution in [0.2, 0.25) is 0 Å². The summed E-state index contributed by atoms with van der Waals surface area (Å²) in [5.41, 5.74) is 1.19. The molecule has 5 aliphatic rings. The molecule has 3 unspecified atom stereocenters. The van der Waals surface area contributed by atoms with Gasteiger partial charge in [0.2, 0.25) is 5.79 Å². The normalized spacial score (nSPS) is 37.8. The molecule has 17 heteroatoms. The van der Waals surface area contributed by atoms with Crippen LogP contribution in [-0.4, -0.2) is 182 Å². The van der Waals surface area contributed by atoms with Crippen LogP contribution >= 0.6 is 0 Å². The average molecular weight is 1070 g/mol. The van der Waals surface area contributed by atoms with Gasteiger partial charge in [-0.2, -0.15) is 0 Å². The van der Waals surface area contributed by atoms with Crippen molar-refractivity contribution < 1.29 is 72.5 Å². The molecule has 0 aromatic carbocycles. The predicted octanol–water partition coefficient (Wildman–Crippen LogP) is 6.29. The second kappa shape index (κ2) is 31.3. The van der Waals surface area contributed by atoms with Crippen LogP contribution in [0.1, 0.15) is 132 Å². The van der Waals surface area contributed by atoms with Crippen LogP contribution in [0.4, 0.5) is 0 Å². The van der Waals surface area contributed by atoms with Gasteiger partial charge in [-0.3, -0.25) is 24.1 Å². The third kappa shape index (κ3) is 18.0. The van der Waals surface area contributed by atoms with Gasteiger partial charge in [0.15, 0.2) is 5.78 Å². The largest absolute Gasteiger partial charge is 0.460 e. The van der Waals surface area contributed by atoms with Crippen LogP contribution in [0.3, 0.4) is 0 Å². The number of carbonyl (C=O) groups excluding carboxylic acids is 5. The molecular formula is C59H94N2O15. The maximum atomic E-state index is 14.6. The molecular weight excluding hydrogens is 977 g/mol. The first kappa shape index (κ1) is 63.3. The van der Waals surface area contributed by atoms with Gasteiger partial charge in [-0.05, 0) is 113 Å². The van der Waals surface area contributed by atoms with E-state index in [0.29, 0.717) is 57.1 Å². The summed E-state index contributed by atoms with van der Waals surface area (Å²) in [5.74, 6) is -8.08. The average Bonchev–Trinajstić information content (AvgIpc) is 3.43. The molecule has 1 aliphatic carbocycles. The van der Waals surface area contributed by atoms with Crippen LogP contribution in [0.15, 0.2) is 47.6 Å². The summed E-state index contributed by atoms with van der Waals surface area (Å²) in [5, 5.41) is 33.3. The number of methoxy groups -OCH3 is 2. The third-order valence-electron chi connectivity index (χ3n) is 16.6. The van der Waals surface area contributed by atoms with Crippen LogP contribution in [0.5, 0.6) is 0 Å². The summed E-state index contributed by atoms with van der Waals surface area (Å²) in [6.07, 6.45) is 12.8. The van der Waals surface area contributed by atoms with Gasteiger partial charge in [0.25, 0.3) is 11.7 Å². The first-order valence-corrected chi connectivity index (χ1v) is 28.4. The van der Waals surface area contributed by atoms with E-state index < -0.39 is 77.8 Å². The van der Waals surface area contributed by atoms with E-state index in [1.165, 1.54) is 12.0 Å². The Morgan fingerprint density at radius 3 is 2.29 bits per heavy atom. The maximum absolute atomic E-state index is 14.6. The van der Waals surface area contributed by atoms with Gasteiger partial charge in [0, 0.05) is 77.6 Å². The number of nitrogens with zero attached hydrogens (tertiary/aromatic N) is 2. The SMILES string of the molecule is CO[C@@H]1C[C@H](CC(C)C2CC(=O)[C@H](C)/C=C(\C)[C@@H](O)[C@@H](OC)C(=O)[C@H](C)C[C@H](C)/C=C/C=C/C=C(\C)C(OCCO)C[C@@H]3CC[C@@H](C)[C@@](O)(O3)C(=O)C(=O)N3CCCC[C@H]3C(=O)O2)CC[C@H]1OCCCN1CCOCC1. The minimum Gasteiger partial charge on any atom is -0.460 e. The standard InChI is InChI=1S/C59H94N2O15/c1-38-16-11-10-12-17-39(2)50(74-31-27-62)36-46-21-19-44(7)59(69,76-46)56(66)57(67)61-24-14-13-18-47(61)58(68)75-51(37-48(63)40(3)33-43(6)54(65)55(71-9)53(64)42(5)32-38)41(4)34-45-20-22-49(52(35-45)70-8)73-28-15-23-60-25-29-72-30-26-60/h10-12,16-17,33,38,40-42,44-47,49-52,54-55,62,65,69H,13-15,18-32,34-37H2,1-9H3/b12-10+,16-11+,39-17+,43-33+/t38-,40-,41?,42-,44-,45+,46+,47+,49-,50?,51?,52-,54-,55+,59-/m1/s1. The van der Waals surface area contributed by atoms with Crippen LogP contribution in [0.25, 0.3) is 0 Å². The molecule has 17 nitrogen and oxygen atoms in total. The van der Waals surface area contributed by atoms with Crippen molar-refractivity contribution in [2.45, 2.75) is 186 Å². The van der Waals surface area contributed by atoms with Crippen molar-refractivity contribution >= 4 is 29.2 Å². The molecule has 1 amide bonds. The number of hydrogen-bond acceptors (Lipinski definition) is 16. The lowest BCUT2D eigenvalue weighted by atomic mass is 9.78. The molecule has 1 saturated carbocycles. The summed E-state index contributed by atoms with van der Waals surface area (Å²) in [7, 11) is 3.08. The first-order valence-electron chi connectivity index (χ1n) is 28.4. The van der Waals surface area contributed by atoms with Crippen LogP contribution in [-0.2, 0) is 57.1 Å². The number of amides is 1. The van der Waals surface area contributed by atoms with E-state index in [-0.39, 0.29) is 80.5 Å². The lowest BCUT2D eigenvalue weighted by molar-refractivity contribution is -0.266. The fraction of sp³-hybridized carbons (Fsp3) is 0.780. The molecule has 3 N–H and O–H groups in total.